The van der Waals surface area contributed by atoms with Gasteiger partial charge >= 0.3 is 6.01 Å². The van der Waals surface area contributed by atoms with Gasteiger partial charge in [0, 0.05) is 44.9 Å². The van der Waals surface area contributed by atoms with Crippen molar-refractivity contribution in [2.24, 2.45) is 10.7 Å². The first-order valence-electron chi connectivity index (χ1n) is 11.6. The molecule has 0 saturated carbocycles. The van der Waals surface area contributed by atoms with Crippen LogP contribution < -0.4 is 30.7 Å². The number of aromatic nitrogens is 2. The molecule has 37 heavy (non-hydrogen) atoms. The van der Waals surface area contributed by atoms with Gasteiger partial charge in [0.1, 0.15) is 28.9 Å². The van der Waals surface area contributed by atoms with Gasteiger partial charge < -0.3 is 35.6 Å². The number of fused-ring (bicyclic) bond motifs is 1. The van der Waals surface area contributed by atoms with E-state index in [2.05, 4.69) is 30.5 Å². The number of ether oxygens (including phenoxy) is 2. The van der Waals surface area contributed by atoms with Gasteiger partial charge in [0.15, 0.2) is 5.82 Å². The Morgan fingerprint density at radius 3 is 2.68 bits per heavy atom. The molecule has 2 aliphatic heterocycles. The van der Waals surface area contributed by atoms with Crippen molar-refractivity contribution in [1.82, 2.24) is 14.9 Å². The van der Waals surface area contributed by atoms with Gasteiger partial charge in [-0.25, -0.2) is 0 Å². The fourth-order valence-corrected chi connectivity index (χ4v) is 4.06. The first-order chi connectivity index (χ1) is 17.8. The average Bonchev–Trinajstić information content (AvgIpc) is 3.30. The second-order valence-corrected chi connectivity index (χ2v) is 8.78. The molecule has 5 rings (SSSR count). The van der Waals surface area contributed by atoms with E-state index in [1.54, 1.807) is 24.3 Å². The van der Waals surface area contributed by atoms with Crippen LogP contribution >= 0.6 is 0 Å². The zero-order valence-electron chi connectivity index (χ0n) is 20.7. The van der Waals surface area contributed by atoms with Gasteiger partial charge in [0.05, 0.1) is 18.8 Å². The Kier molecular flexibility index (Phi) is 6.22. The lowest BCUT2D eigenvalue weighted by Crippen LogP contribution is -2.28. The second-order valence-electron chi connectivity index (χ2n) is 8.78. The summed E-state index contributed by atoms with van der Waals surface area (Å²) in [5.74, 6) is 2.05. The van der Waals surface area contributed by atoms with Gasteiger partial charge in [-0.2, -0.15) is 9.97 Å². The van der Waals surface area contributed by atoms with Gasteiger partial charge in [-0.3, -0.25) is 15.2 Å². The highest BCUT2D eigenvalue weighted by Gasteiger charge is 2.25. The number of nitrogens with zero attached hydrogens (tertiary/aromatic N) is 5. The summed E-state index contributed by atoms with van der Waals surface area (Å²) >= 11 is 0. The van der Waals surface area contributed by atoms with E-state index in [1.165, 1.54) is 0 Å². The summed E-state index contributed by atoms with van der Waals surface area (Å²) in [4.78, 5) is 29.5. The third-order valence-corrected chi connectivity index (χ3v) is 5.85. The van der Waals surface area contributed by atoms with Crippen LogP contribution in [0.4, 0.5) is 17.2 Å². The summed E-state index contributed by atoms with van der Waals surface area (Å²) < 4.78 is 12.1. The van der Waals surface area contributed by atoms with Gasteiger partial charge in [0.25, 0.3) is 5.88 Å². The number of likely N-dealkylation sites (N-methyl/N-ethyl adjacent to an activating group) is 1. The highest BCUT2D eigenvalue weighted by Crippen LogP contribution is 2.38. The maximum absolute atomic E-state index is 12.1. The Morgan fingerprint density at radius 2 is 1.95 bits per heavy atom. The topological polar surface area (TPSA) is 154 Å². The summed E-state index contributed by atoms with van der Waals surface area (Å²) in [6.07, 6.45) is 0. The molecule has 0 fully saturated rings. The van der Waals surface area contributed by atoms with Crippen molar-refractivity contribution in [3.8, 4) is 23.4 Å². The van der Waals surface area contributed by atoms with Gasteiger partial charge in [-0.15, -0.1) is 0 Å². The molecular weight excluding hydrogens is 474 g/mol. The Labute approximate surface area is 213 Å². The van der Waals surface area contributed by atoms with Crippen molar-refractivity contribution < 1.29 is 14.3 Å². The summed E-state index contributed by atoms with van der Waals surface area (Å²) in [7, 11) is 5.69. The van der Waals surface area contributed by atoms with Crippen LogP contribution in [0.2, 0.25) is 0 Å². The number of amides is 1. The Hall–Kier alpha value is -4.87. The maximum Gasteiger partial charge on any atom is 0.327 e. The number of carbonyl (C=O) groups excluding carboxylic acids is 1. The number of carbonyl (C=O) groups is 1. The number of hydrogen-bond donors (Lipinski definition) is 4. The highest BCUT2D eigenvalue weighted by molar-refractivity contribution is 6.02. The number of aliphatic imine (C=N–C) groups is 1. The number of rotatable bonds is 7. The molecule has 0 atom stereocenters. The van der Waals surface area contributed by atoms with Crippen LogP contribution in [0.15, 0.2) is 47.5 Å². The summed E-state index contributed by atoms with van der Waals surface area (Å²) in [6, 6.07) is 12.7. The molecule has 0 bridgehead atoms. The lowest BCUT2D eigenvalue weighted by Gasteiger charge is -2.22. The van der Waals surface area contributed by atoms with Crippen molar-refractivity contribution in [1.29, 1.82) is 5.41 Å². The number of anilines is 3. The molecule has 0 aliphatic carbocycles. The van der Waals surface area contributed by atoms with Crippen LogP contribution in [0.1, 0.15) is 11.1 Å². The van der Waals surface area contributed by atoms with E-state index in [4.69, 9.17) is 20.6 Å². The first-order valence-corrected chi connectivity index (χ1v) is 11.6. The van der Waals surface area contributed by atoms with Crippen molar-refractivity contribution >= 4 is 34.8 Å². The van der Waals surface area contributed by atoms with Crippen LogP contribution in [-0.2, 0) is 4.79 Å². The molecule has 12 nitrogen and oxygen atoms in total. The fourth-order valence-electron chi connectivity index (χ4n) is 4.06. The molecule has 3 heterocycles. The predicted octanol–water partition coefficient (Wildman–Crippen LogP) is 2.47. The Morgan fingerprint density at radius 1 is 1.14 bits per heavy atom. The van der Waals surface area contributed by atoms with Gasteiger partial charge in [-0.1, -0.05) is 12.1 Å². The standard InChI is InChI=1S/C25H27N9O3/c1-33(2)18-12-16(7-8-17(18)21(26)27)36-24-20-22(29-13-19(35)30-20)31-25(32-24)37-15-6-4-5-14(11-15)23-28-9-10-34(23)3/h4-8,11-12H,9-10,13H2,1-3H3,(H3,26,27)(H,30,35)(H,29,31,32). The average molecular weight is 502 g/mol. The molecule has 5 N–H and O–H groups in total. The van der Waals surface area contributed by atoms with Crippen molar-refractivity contribution in [2.75, 3.05) is 56.3 Å². The smallest absolute Gasteiger partial charge is 0.327 e. The molecule has 0 radical (unpaired) electrons. The molecule has 3 aromatic rings. The molecular formula is C25H27N9O3. The van der Waals surface area contributed by atoms with Crippen LogP contribution in [0.5, 0.6) is 23.4 Å². The van der Waals surface area contributed by atoms with E-state index in [9.17, 15) is 4.79 Å². The van der Waals surface area contributed by atoms with Crippen molar-refractivity contribution in [3.63, 3.8) is 0 Å². The summed E-state index contributed by atoms with van der Waals surface area (Å²) in [6.45, 7) is 1.68. The molecule has 12 heteroatoms. The van der Waals surface area contributed by atoms with E-state index in [0.29, 0.717) is 34.3 Å². The fraction of sp³-hybridized carbons (Fsp3) is 0.240. The Bertz CT molecular complexity index is 1420. The number of nitrogen functional groups attached to an aromatic ring is 1. The third-order valence-electron chi connectivity index (χ3n) is 5.85. The number of nitrogens with two attached hydrogens (primary N) is 1. The SMILES string of the molecule is CN1CCN=C1c1cccc(Oc2nc3c(c(Oc4ccc(C(=N)N)c(N(C)C)c4)n2)NC(=O)CN3)c1. The van der Waals surface area contributed by atoms with Crippen LogP contribution in [-0.4, -0.2) is 73.2 Å². The first kappa shape index (κ1) is 23.9. The lowest BCUT2D eigenvalue weighted by molar-refractivity contribution is -0.114. The Balaban J connectivity index is 1.49. The highest BCUT2D eigenvalue weighted by atomic mass is 16.5. The third kappa shape index (κ3) is 4.94. The van der Waals surface area contributed by atoms with Gasteiger partial charge in [-0.05, 0) is 24.3 Å². The normalized spacial score (nSPS) is 14.3. The van der Waals surface area contributed by atoms with Crippen molar-refractivity contribution in [2.45, 2.75) is 0 Å². The molecule has 0 spiro atoms. The minimum absolute atomic E-state index is 0.0458. The predicted molar refractivity (Wildman–Crippen MR) is 142 cm³/mol. The minimum atomic E-state index is -0.246. The largest absolute Gasteiger partial charge is 0.437 e. The number of benzene rings is 2. The van der Waals surface area contributed by atoms with E-state index >= 15 is 0 Å². The molecule has 0 saturated heterocycles. The van der Waals surface area contributed by atoms with E-state index in [-0.39, 0.29) is 30.2 Å². The van der Waals surface area contributed by atoms with E-state index in [1.807, 2.05) is 44.2 Å². The maximum atomic E-state index is 12.1. The van der Waals surface area contributed by atoms with E-state index < -0.39 is 0 Å². The molecule has 2 aliphatic rings. The quantitative estimate of drug-likeness (QED) is 0.282. The molecule has 0 unspecified atom stereocenters. The molecule has 2 aromatic carbocycles. The zero-order chi connectivity index (χ0) is 26.1. The van der Waals surface area contributed by atoms with Crippen molar-refractivity contribution in [3.05, 3.63) is 53.6 Å². The molecule has 190 valence electrons. The summed E-state index contributed by atoms with van der Waals surface area (Å²) in [5, 5.41) is 13.6. The van der Waals surface area contributed by atoms with Crippen LogP contribution in [0.3, 0.4) is 0 Å². The van der Waals surface area contributed by atoms with Crippen LogP contribution in [0, 0.1) is 5.41 Å². The second kappa shape index (κ2) is 9.64. The lowest BCUT2D eigenvalue weighted by atomic mass is 10.1. The summed E-state index contributed by atoms with van der Waals surface area (Å²) in [5.41, 5.74) is 8.23. The minimum Gasteiger partial charge on any atom is -0.437 e. The van der Waals surface area contributed by atoms with Crippen LogP contribution in [0.25, 0.3) is 0 Å². The number of hydrogen-bond acceptors (Lipinski definition) is 10. The monoisotopic (exact) mass is 501 g/mol. The molecule has 1 aromatic heterocycles. The van der Waals surface area contributed by atoms with E-state index in [0.717, 1.165) is 24.5 Å². The van der Waals surface area contributed by atoms with Gasteiger partial charge in [0.2, 0.25) is 5.91 Å². The molecule has 1 amide bonds. The number of amidine groups is 2. The number of nitrogens with one attached hydrogen (secondary N) is 3. The zero-order valence-corrected chi connectivity index (χ0v) is 20.7.